The normalized spacial score (nSPS) is 27.2. The molecule has 0 spiro atoms. The second-order valence-electron chi connectivity index (χ2n) is 7.41. The predicted molar refractivity (Wildman–Crippen MR) is 107 cm³/mol. The standard InChI is InChI=1S/C22H26O5.CH3F/c1-22(2)26-20-19(24-14-17-11-7-4-8-12-17)18(25-21(20)27-22)15-23-13-16-9-5-3-6-10-16;1-2/h3-12,18-21H,13-15H2,1-2H3;1H3. The molecule has 2 aliphatic rings. The highest BCUT2D eigenvalue weighted by Crippen LogP contribution is 2.39. The van der Waals surface area contributed by atoms with E-state index in [2.05, 4.69) is 0 Å². The number of benzene rings is 2. The van der Waals surface area contributed by atoms with E-state index < -0.39 is 12.1 Å². The molecular formula is C23H29FO5. The molecule has 0 aromatic heterocycles. The van der Waals surface area contributed by atoms with Gasteiger partial charge in [0.25, 0.3) is 0 Å². The monoisotopic (exact) mass is 404 g/mol. The van der Waals surface area contributed by atoms with Gasteiger partial charge < -0.3 is 23.7 Å². The highest BCUT2D eigenvalue weighted by molar-refractivity contribution is 5.14. The van der Waals surface area contributed by atoms with Crippen molar-refractivity contribution in [3.05, 3.63) is 71.8 Å². The summed E-state index contributed by atoms with van der Waals surface area (Å²) >= 11 is 0. The van der Waals surface area contributed by atoms with Gasteiger partial charge in [-0.3, -0.25) is 4.39 Å². The van der Waals surface area contributed by atoms with E-state index in [-0.39, 0.29) is 18.3 Å². The maximum Gasteiger partial charge on any atom is 0.190 e. The first-order valence-electron chi connectivity index (χ1n) is 9.77. The molecule has 158 valence electrons. The maximum absolute atomic E-state index is 9.50. The highest BCUT2D eigenvalue weighted by atomic mass is 19.1. The van der Waals surface area contributed by atoms with Crippen LogP contribution in [0.3, 0.4) is 0 Å². The van der Waals surface area contributed by atoms with Crippen molar-refractivity contribution in [3.8, 4) is 0 Å². The SMILES string of the molecule is CC1(C)OC2OC(COCc3ccccc3)C(OCc3ccccc3)C2O1.CF. The summed E-state index contributed by atoms with van der Waals surface area (Å²) in [6.45, 7) is 5.24. The van der Waals surface area contributed by atoms with Crippen LogP contribution in [0.4, 0.5) is 4.39 Å². The van der Waals surface area contributed by atoms with Crippen LogP contribution in [0.25, 0.3) is 0 Å². The molecule has 0 saturated carbocycles. The summed E-state index contributed by atoms with van der Waals surface area (Å²) < 4.78 is 39.6. The van der Waals surface area contributed by atoms with Gasteiger partial charge in [-0.2, -0.15) is 0 Å². The van der Waals surface area contributed by atoms with Crippen molar-refractivity contribution < 1.29 is 28.1 Å². The third kappa shape index (κ3) is 5.84. The average molecular weight is 404 g/mol. The zero-order valence-electron chi connectivity index (χ0n) is 17.1. The minimum Gasteiger partial charge on any atom is -0.374 e. The molecule has 6 heteroatoms. The van der Waals surface area contributed by atoms with E-state index in [0.717, 1.165) is 11.1 Å². The third-order valence-electron chi connectivity index (χ3n) is 4.77. The van der Waals surface area contributed by atoms with E-state index >= 15 is 0 Å². The average Bonchev–Trinajstić information content (AvgIpc) is 3.20. The number of fused-ring (bicyclic) bond motifs is 1. The summed E-state index contributed by atoms with van der Waals surface area (Å²) in [6, 6.07) is 20.2. The molecular weight excluding hydrogens is 375 g/mol. The molecule has 2 aromatic rings. The molecule has 4 rings (SSSR count). The summed E-state index contributed by atoms with van der Waals surface area (Å²) in [6.07, 6.45) is -1.16. The van der Waals surface area contributed by atoms with Gasteiger partial charge in [0, 0.05) is 0 Å². The van der Waals surface area contributed by atoms with Crippen LogP contribution in [-0.4, -0.2) is 44.2 Å². The molecule has 4 atom stereocenters. The Morgan fingerprint density at radius 3 is 2.07 bits per heavy atom. The quantitative estimate of drug-likeness (QED) is 0.690. The molecule has 2 aromatic carbocycles. The molecule has 2 aliphatic heterocycles. The van der Waals surface area contributed by atoms with Crippen LogP contribution in [0.5, 0.6) is 0 Å². The zero-order chi connectivity index (χ0) is 20.7. The molecule has 0 bridgehead atoms. The molecule has 0 aliphatic carbocycles. The fraction of sp³-hybridized carbons (Fsp3) is 0.478. The Morgan fingerprint density at radius 2 is 1.45 bits per heavy atom. The lowest BCUT2D eigenvalue weighted by Gasteiger charge is -2.26. The number of hydrogen-bond acceptors (Lipinski definition) is 5. The highest BCUT2D eigenvalue weighted by Gasteiger charge is 2.55. The van der Waals surface area contributed by atoms with Gasteiger partial charge in [0.2, 0.25) is 0 Å². The first-order valence-corrected chi connectivity index (χ1v) is 9.77. The van der Waals surface area contributed by atoms with Gasteiger partial charge >= 0.3 is 0 Å². The van der Waals surface area contributed by atoms with Gasteiger partial charge in [-0.15, -0.1) is 0 Å². The Hall–Kier alpha value is -1.83. The van der Waals surface area contributed by atoms with E-state index in [0.29, 0.717) is 27.0 Å². The number of ether oxygens (including phenoxy) is 5. The Bertz CT molecular complexity index is 725. The van der Waals surface area contributed by atoms with Crippen LogP contribution < -0.4 is 0 Å². The van der Waals surface area contributed by atoms with Crippen LogP contribution in [-0.2, 0) is 36.9 Å². The summed E-state index contributed by atoms with van der Waals surface area (Å²) in [5.74, 6) is -0.667. The summed E-state index contributed by atoms with van der Waals surface area (Å²) in [5.41, 5.74) is 2.24. The van der Waals surface area contributed by atoms with Crippen molar-refractivity contribution in [2.24, 2.45) is 0 Å². The van der Waals surface area contributed by atoms with Gasteiger partial charge in [0.15, 0.2) is 12.1 Å². The van der Waals surface area contributed by atoms with Gasteiger partial charge in [-0.1, -0.05) is 60.7 Å². The van der Waals surface area contributed by atoms with Crippen LogP contribution in [0.2, 0.25) is 0 Å². The number of alkyl halides is 1. The van der Waals surface area contributed by atoms with Gasteiger partial charge in [0.05, 0.1) is 27.0 Å². The van der Waals surface area contributed by atoms with Gasteiger partial charge in [-0.25, -0.2) is 0 Å². The van der Waals surface area contributed by atoms with Crippen LogP contribution >= 0.6 is 0 Å². The summed E-state index contributed by atoms with van der Waals surface area (Å²) in [5, 5.41) is 0. The predicted octanol–water partition coefficient (Wildman–Crippen LogP) is 4.25. The lowest BCUT2D eigenvalue weighted by Crippen LogP contribution is -2.38. The zero-order valence-corrected chi connectivity index (χ0v) is 17.1. The molecule has 29 heavy (non-hydrogen) atoms. The first-order chi connectivity index (χ1) is 14.1. The summed E-state index contributed by atoms with van der Waals surface area (Å²) in [7, 11) is 0.500. The molecule has 0 N–H and O–H groups in total. The van der Waals surface area contributed by atoms with E-state index in [1.165, 1.54) is 0 Å². The van der Waals surface area contributed by atoms with Crippen LogP contribution in [0.15, 0.2) is 60.7 Å². The third-order valence-corrected chi connectivity index (χ3v) is 4.77. The number of rotatable bonds is 7. The largest absolute Gasteiger partial charge is 0.374 e. The molecule has 2 fully saturated rings. The molecule has 4 unspecified atom stereocenters. The lowest BCUT2D eigenvalue weighted by molar-refractivity contribution is -0.225. The molecule has 0 amide bonds. The van der Waals surface area contributed by atoms with Crippen LogP contribution in [0, 0.1) is 0 Å². The smallest absolute Gasteiger partial charge is 0.190 e. The van der Waals surface area contributed by atoms with Crippen molar-refractivity contribution in [2.75, 3.05) is 13.8 Å². The molecule has 0 radical (unpaired) electrons. The molecule has 5 nitrogen and oxygen atoms in total. The second kappa shape index (κ2) is 10.3. The van der Waals surface area contributed by atoms with Crippen molar-refractivity contribution in [1.29, 1.82) is 0 Å². The first kappa shape index (κ1) is 21.9. The second-order valence-corrected chi connectivity index (χ2v) is 7.41. The molecule has 2 saturated heterocycles. The Labute approximate surface area is 171 Å². The van der Waals surface area contributed by atoms with E-state index in [9.17, 15) is 4.39 Å². The van der Waals surface area contributed by atoms with Gasteiger partial charge in [-0.05, 0) is 25.0 Å². The fourth-order valence-corrected chi connectivity index (χ4v) is 3.52. The molecule has 2 heterocycles. The van der Waals surface area contributed by atoms with Gasteiger partial charge in [0.1, 0.15) is 18.3 Å². The minimum absolute atomic E-state index is 0.233. The van der Waals surface area contributed by atoms with Crippen LogP contribution in [0.1, 0.15) is 25.0 Å². The minimum atomic E-state index is -0.667. The Kier molecular flexibility index (Phi) is 7.75. The number of halogens is 1. The van der Waals surface area contributed by atoms with E-state index in [1.54, 1.807) is 0 Å². The topological polar surface area (TPSA) is 46.2 Å². The summed E-state index contributed by atoms with van der Waals surface area (Å²) in [4.78, 5) is 0. The van der Waals surface area contributed by atoms with Crippen molar-refractivity contribution in [3.63, 3.8) is 0 Å². The lowest BCUT2D eigenvalue weighted by atomic mass is 10.1. The van der Waals surface area contributed by atoms with Crippen molar-refractivity contribution in [1.82, 2.24) is 0 Å². The number of hydrogen-bond donors (Lipinski definition) is 0. The van der Waals surface area contributed by atoms with E-state index in [4.69, 9.17) is 23.7 Å². The van der Waals surface area contributed by atoms with Crippen molar-refractivity contribution >= 4 is 0 Å². The Morgan fingerprint density at radius 1 is 0.862 bits per heavy atom. The van der Waals surface area contributed by atoms with E-state index in [1.807, 2.05) is 74.5 Å². The fourth-order valence-electron chi connectivity index (χ4n) is 3.52. The van der Waals surface area contributed by atoms with Crippen molar-refractivity contribution in [2.45, 2.75) is 57.5 Å². The Balaban J connectivity index is 0.00000117. The maximum atomic E-state index is 9.50.